The first-order chi connectivity index (χ1) is 11.1. The summed E-state index contributed by atoms with van der Waals surface area (Å²) in [6.07, 6.45) is 0.448. The number of benzene rings is 2. The van der Waals surface area contributed by atoms with Gasteiger partial charge in [0.1, 0.15) is 11.3 Å². The second-order valence-electron chi connectivity index (χ2n) is 5.22. The van der Waals surface area contributed by atoms with Gasteiger partial charge in [-0.1, -0.05) is 24.3 Å². The summed E-state index contributed by atoms with van der Waals surface area (Å²) in [4.78, 5) is 25.3. The van der Waals surface area contributed by atoms with Gasteiger partial charge < -0.3 is 14.8 Å². The lowest BCUT2D eigenvalue weighted by Gasteiger charge is -2.11. The molecule has 23 heavy (non-hydrogen) atoms. The molecule has 2 N–H and O–H groups in total. The van der Waals surface area contributed by atoms with Crippen LogP contribution in [0.1, 0.15) is 21.6 Å². The van der Waals surface area contributed by atoms with E-state index in [1.54, 1.807) is 13.2 Å². The van der Waals surface area contributed by atoms with Gasteiger partial charge in [-0.25, -0.2) is 4.79 Å². The van der Waals surface area contributed by atoms with Gasteiger partial charge in [0.2, 0.25) is 0 Å². The third-order valence-corrected chi connectivity index (χ3v) is 3.73. The fraction of sp³-hybridized carbons (Fsp3) is 0.111. The highest BCUT2D eigenvalue weighted by Crippen LogP contribution is 2.27. The van der Waals surface area contributed by atoms with Crippen LogP contribution in [0.5, 0.6) is 5.75 Å². The maximum absolute atomic E-state index is 11.8. The highest BCUT2D eigenvalue weighted by molar-refractivity contribution is 5.87. The predicted molar refractivity (Wildman–Crippen MR) is 87.3 cm³/mol. The lowest BCUT2D eigenvalue weighted by molar-refractivity contribution is 0.0695. The van der Waals surface area contributed by atoms with Crippen molar-refractivity contribution < 1.29 is 14.6 Å². The number of H-pyrrole nitrogens is 1. The van der Waals surface area contributed by atoms with E-state index in [0.29, 0.717) is 12.1 Å². The molecule has 0 fully saturated rings. The fourth-order valence-electron chi connectivity index (χ4n) is 2.59. The molecule has 0 radical (unpaired) electrons. The van der Waals surface area contributed by atoms with Gasteiger partial charge in [-0.15, -0.1) is 0 Å². The van der Waals surface area contributed by atoms with Crippen LogP contribution in [0, 0.1) is 0 Å². The largest absolute Gasteiger partial charge is 0.496 e. The maximum Gasteiger partial charge on any atom is 0.341 e. The fourth-order valence-corrected chi connectivity index (χ4v) is 2.59. The molecule has 0 spiro atoms. The Morgan fingerprint density at radius 2 is 1.83 bits per heavy atom. The van der Waals surface area contributed by atoms with Crippen LogP contribution in [0.4, 0.5) is 0 Å². The normalized spacial score (nSPS) is 10.7. The van der Waals surface area contributed by atoms with Crippen molar-refractivity contribution in [1.29, 1.82) is 0 Å². The number of ether oxygens (including phenoxy) is 1. The number of aromatic nitrogens is 1. The molecule has 1 aromatic heterocycles. The van der Waals surface area contributed by atoms with Gasteiger partial charge in [-0.05, 0) is 35.0 Å². The van der Waals surface area contributed by atoms with Crippen LogP contribution in [0.15, 0.2) is 53.3 Å². The SMILES string of the molecule is COc1cc2ccccc2cc1Cc1ccc(C(=O)O)c(=O)[nH]1. The van der Waals surface area contributed by atoms with Gasteiger partial charge in [-0.3, -0.25) is 4.79 Å². The van der Waals surface area contributed by atoms with E-state index >= 15 is 0 Å². The summed E-state index contributed by atoms with van der Waals surface area (Å²) < 4.78 is 5.43. The predicted octanol–water partition coefficient (Wildman–Crippen LogP) is 2.83. The number of pyridine rings is 1. The van der Waals surface area contributed by atoms with E-state index in [0.717, 1.165) is 22.1 Å². The lowest BCUT2D eigenvalue weighted by Crippen LogP contribution is -2.18. The summed E-state index contributed by atoms with van der Waals surface area (Å²) in [5.41, 5.74) is 0.687. The molecule has 0 saturated heterocycles. The molecule has 2 aromatic carbocycles. The number of carbonyl (C=O) groups is 1. The van der Waals surface area contributed by atoms with Crippen molar-refractivity contribution in [3.63, 3.8) is 0 Å². The van der Waals surface area contributed by atoms with Crippen LogP contribution in [0.25, 0.3) is 10.8 Å². The minimum Gasteiger partial charge on any atom is -0.496 e. The van der Waals surface area contributed by atoms with Crippen LogP contribution in [0.2, 0.25) is 0 Å². The number of carboxylic acids is 1. The highest BCUT2D eigenvalue weighted by Gasteiger charge is 2.11. The van der Waals surface area contributed by atoms with E-state index in [2.05, 4.69) is 4.98 Å². The maximum atomic E-state index is 11.8. The van der Waals surface area contributed by atoms with Gasteiger partial charge in [0, 0.05) is 17.7 Å². The number of aromatic amines is 1. The van der Waals surface area contributed by atoms with Crippen LogP contribution < -0.4 is 10.3 Å². The van der Waals surface area contributed by atoms with Gasteiger partial charge in [-0.2, -0.15) is 0 Å². The van der Waals surface area contributed by atoms with Gasteiger partial charge in [0.05, 0.1) is 7.11 Å². The van der Waals surface area contributed by atoms with Crippen molar-refractivity contribution in [2.45, 2.75) is 6.42 Å². The Morgan fingerprint density at radius 1 is 1.13 bits per heavy atom. The molecule has 116 valence electrons. The second-order valence-corrected chi connectivity index (χ2v) is 5.22. The monoisotopic (exact) mass is 309 g/mol. The zero-order chi connectivity index (χ0) is 16.4. The molecule has 5 nitrogen and oxygen atoms in total. The van der Waals surface area contributed by atoms with E-state index in [-0.39, 0.29) is 5.56 Å². The van der Waals surface area contributed by atoms with Crippen molar-refractivity contribution in [2.75, 3.05) is 7.11 Å². The molecule has 5 heteroatoms. The lowest BCUT2D eigenvalue weighted by atomic mass is 10.0. The number of carboxylic acid groups (broad SMARTS) is 1. The Morgan fingerprint density at radius 3 is 2.43 bits per heavy atom. The molecule has 0 aliphatic rings. The summed E-state index contributed by atoms with van der Waals surface area (Å²) in [5, 5.41) is 11.1. The number of hydrogen-bond acceptors (Lipinski definition) is 3. The number of aromatic carboxylic acids is 1. The van der Waals surface area contributed by atoms with E-state index in [9.17, 15) is 9.59 Å². The molecule has 0 amide bonds. The standard InChI is InChI=1S/C18H15NO4/c1-23-16-10-12-5-3-2-4-11(12)8-13(16)9-14-6-7-15(18(21)22)17(20)19-14/h2-8,10H,9H2,1H3,(H,19,20)(H,21,22). The number of nitrogens with one attached hydrogen (secondary N) is 1. The number of fused-ring (bicyclic) bond motifs is 1. The average molecular weight is 309 g/mol. The highest BCUT2D eigenvalue weighted by atomic mass is 16.5. The first-order valence-electron chi connectivity index (χ1n) is 7.09. The minimum absolute atomic E-state index is 0.265. The Balaban J connectivity index is 2.02. The van der Waals surface area contributed by atoms with Crippen molar-refractivity contribution in [3.8, 4) is 5.75 Å². The molecular weight excluding hydrogens is 294 g/mol. The summed E-state index contributed by atoms with van der Waals surface area (Å²) in [5.74, 6) is -0.507. The number of rotatable bonds is 4. The molecule has 3 aromatic rings. The first-order valence-corrected chi connectivity index (χ1v) is 7.09. The van der Waals surface area contributed by atoms with Gasteiger partial charge in [0.25, 0.3) is 5.56 Å². The Bertz CT molecular complexity index is 943. The summed E-state index contributed by atoms with van der Waals surface area (Å²) in [6, 6.07) is 14.8. The first kappa shape index (κ1) is 14.8. The van der Waals surface area contributed by atoms with Crippen LogP contribution in [0.3, 0.4) is 0 Å². The number of hydrogen-bond donors (Lipinski definition) is 2. The van der Waals surface area contributed by atoms with E-state index in [1.165, 1.54) is 6.07 Å². The Hall–Kier alpha value is -3.08. The Labute approximate surface area is 132 Å². The molecule has 0 aliphatic carbocycles. The molecule has 1 heterocycles. The summed E-state index contributed by atoms with van der Waals surface area (Å²) in [6.45, 7) is 0. The topological polar surface area (TPSA) is 79.4 Å². The Kier molecular flexibility index (Phi) is 3.85. The van der Waals surface area contributed by atoms with Crippen molar-refractivity contribution >= 4 is 16.7 Å². The van der Waals surface area contributed by atoms with Crippen LogP contribution >= 0.6 is 0 Å². The minimum atomic E-state index is -1.24. The number of methoxy groups -OCH3 is 1. The van der Waals surface area contributed by atoms with Gasteiger partial charge in [0.15, 0.2) is 0 Å². The molecule has 0 bridgehead atoms. The van der Waals surface area contributed by atoms with E-state index in [1.807, 2.05) is 36.4 Å². The summed E-state index contributed by atoms with van der Waals surface area (Å²) >= 11 is 0. The molecular formula is C18H15NO4. The van der Waals surface area contributed by atoms with E-state index < -0.39 is 11.5 Å². The second kappa shape index (κ2) is 5.96. The summed E-state index contributed by atoms with van der Waals surface area (Å²) in [7, 11) is 1.60. The third kappa shape index (κ3) is 2.94. The van der Waals surface area contributed by atoms with Crippen LogP contribution in [-0.2, 0) is 6.42 Å². The molecule has 0 unspecified atom stereocenters. The zero-order valence-electron chi connectivity index (χ0n) is 12.5. The molecule has 0 atom stereocenters. The molecule has 3 rings (SSSR count). The van der Waals surface area contributed by atoms with Crippen molar-refractivity contribution in [1.82, 2.24) is 4.98 Å². The van der Waals surface area contributed by atoms with E-state index in [4.69, 9.17) is 9.84 Å². The third-order valence-electron chi connectivity index (χ3n) is 3.73. The zero-order valence-corrected chi connectivity index (χ0v) is 12.5. The van der Waals surface area contributed by atoms with Crippen LogP contribution in [-0.4, -0.2) is 23.2 Å². The smallest absolute Gasteiger partial charge is 0.341 e. The molecule has 0 saturated carbocycles. The van der Waals surface area contributed by atoms with Gasteiger partial charge >= 0.3 is 5.97 Å². The average Bonchev–Trinajstić information content (AvgIpc) is 2.54. The van der Waals surface area contributed by atoms with Crippen molar-refractivity contribution in [3.05, 3.63) is 75.7 Å². The quantitative estimate of drug-likeness (QED) is 0.776. The van der Waals surface area contributed by atoms with Crippen molar-refractivity contribution in [2.24, 2.45) is 0 Å². The molecule has 0 aliphatic heterocycles.